The van der Waals surface area contributed by atoms with E-state index in [1.165, 1.54) is 6.07 Å². The molecule has 1 saturated heterocycles. The van der Waals surface area contributed by atoms with Crippen LogP contribution in [0.3, 0.4) is 0 Å². The second kappa shape index (κ2) is 17.9. The summed E-state index contributed by atoms with van der Waals surface area (Å²) in [5.41, 5.74) is 1.16. The topological polar surface area (TPSA) is 116 Å². The lowest BCUT2D eigenvalue weighted by atomic mass is 10.1. The fourth-order valence-electron chi connectivity index (χ4n) is 5.96. The molecule has 2 aromatic rings. The zero-order chi connectivity index (χ0) is 37.2. The molecule has 276 valence electrons. The molecule has 1 fully saturated rings. The zero-order valence-electron chi connectivity index (χ0n) is 31.6. The van der Waals surface area contributed by atoms with E-state index >= 15 is 0 Å². The normalized spacial score (nSPS) is 16.6. The number of anilines is 1. The maximum Gasteiger partial charge on any atom is 0.336 e. The summed E-state index contributed by atoms with van der Waals surface area (Å²) in [6, 6.07) is 5.18. The highest BCUT2D eigenvalue weighted by atomic mass is 16.6. The van der Waals surface area contributed by atoms with Crippen molar-refractivity contribution in [3.8, 4) is 12.3 Å². The third-order valence-electron chi connectivity index (χ3n) is 8.33. The SMILES string of the molecule is C#CCN1CCN(CC(=O)OC(C)(C)C)CCN(CC(=O)N(CC)c2cc3oc(=O)cc(C)c3cc2C)CCN(CC(=O)OC(C)(C)C)CC1. The third-order valence-corrected chi connectivity index (χ3v) is 8.33. The van der Waals surface area contributed by atoms with Crippen LogP contribution in [0, 0.1) is 26.2 Å². The number of carbonyl (C=O) groups excluding carboxylic acids is 3. The lowest BCUT2D eigenvalue weighted by molar-refractivity contribution is -0.157. The van der Waals surface area contributed by atoms with Gasteiger partial charge in [-0.3, -0.25) is 34.0 Å². The summed E-state index contributed by atoms with van der Waals surface area (Å²) in [6.45, 7) is 22.3. The standard InChI is InChI=1S/C38H57N5O7/c1-11-13-39-14-16-41(26-35(46)49-37(5,6)7)20-18-40(19-21-42(17-15-39)27-36(47)50-38(8,9)10)25-33(44)43(12-2)31-24-32-30(22-29(31)4)28(3)23-34(45)48-32/h1,22-24H,12-21,25-27H2,2-10H3. The Labute approximate surface area is 297 Å². The molecule has 0 atom stereocenters. The summed E-state index contributed by atoms with van der Waals surface area (Å²) in [6.07, 6.45) is 5.71. The Hall–Kier alpha value is -3.76. The highest BCUT2D eigenvalue weighted by Gasteiger charge is 2.26. The van der Waals surface area contributed by atoms with Crippen LogP contribution in [0.25, 0.3) is 11.0 Å². The predicted molar refractivity (Wildman–Crippen MR) is 196 cm³/mol. The minimum Gasteiger partial charge on any atom is -0.459 e. The van der Waals surface area contributed by atoms with Gasteiger partial charge in [-0.2, -0.15) is 0 Å². The summed E-state index contributed by atoms with van der Waals surface area (Å²) in [7, 11) is 0. The van der Waals surface area contributed by atoms with Crippen molar-refractivity contribution in [1.29, 1.82) is 0 Å². The van der Waals surface area contributed by atoms with Gasteiger partial charge in [-0.1, -0.05) is 5.92 Å². The molecule has 0 aliphatic carbocycles. The fourth-order valence-corrected chi connectivity index (χ4v) is 5.96. The van der Waals surface area contributed by atoms with Gasteiger partial charge < -0.3 is 18.8 Å². The number of esters is 2. The van der Waals surface area contributed by atoms with Crippen LogP contribution in [-0.4, -0.2) is 134 Å². The van der Waals surface area contributed by atoms with E-state index in [9.17, 15) is 19.2 Å². The van der Waals surface area contributed by atoms with Gasteiger partial charge in [-0.15, -0.1) is 6.42 Å². The average Bonchev–Trinajstić information content (AvgIpc) is 2.97. The van der Waals surface area contributed by atoms with Crippen LogP contribution in [-0.2, 0) is 23.9 Å². The molecule has 0 unspecified atom stereocenters. The van der Waals surface area contributed by atoms with Crippen LogP contribution in [0.4, 0.5) is 5.69 Å². The van der Waals surface area contributed by atoms with Gasteiger partial charge in [-0.25, -0.2) is 4.79 Å². The number of benzene rings is 1. The quantitative estimate of drug-likeness (QED) is 0.219. The van der Waals surface area contributed by atoms with E-state index < -0.39 is 16.8 Å². The molecule has 1 amide bonds. The monoisotopic (exact) mass is 695 g/mol. The number of hydrogen-bond acceptors (Lipinski definition) is 11. The van der Waals surface area contributed by atoms with Crippen LogP contribution in [0.2, 0.25) is 0 Å². The van der Waals surface area contributed by atoms with Crippen molar-refractivity contribution in [3.63, 3.8) is 0 Å². The van der Waals surface area contributed by atoms with Crippen LogP contribution in [0.5, 0.6) is 0 Å². The van der Waals surface area contributed by atoms with Gasteiger partial charge in [0, 0.05) is 76.4 Å². The number of fused-ring (bicyclic) bond motifs is 1. The van der Waals surface area contributed by atoms with Crippen molar-refractivity contribution >= 4 is 34.5 Å². The first-order chi connectivity index (χ1) is 23.4. The minimum absolute atomic E-state index is 0.104. The summed E-state index contributed by atoms with van der Waals surface area (Å²) in [4.78, 5) is 62.0. The van der Waals surface area contributed by atoms with Crippen molar-refractivity contribution in [2.45, 2.75) is 73.5 Å². The summed E-state index contributed by atoms with van der Waals surface area (Å²) in [5.74, 6) is 1.99. The largest absolute Gasteiger partial charge is 0.459 e. The molecule has 1 aromatic carbocycles. The Morgan fingerprint density at radius 3 is 1.66 bits per heavy atom. The smallest absolute Gasteiger partial charge is 0.336 e. The van der Waals surface area contributed by atoms with Crippen LogP contribution >= 0.6 is 0 Å². The molecule has 12 nitrogen and oxygen atoms in total. The molecule has 12 heteroatoms. The number of terminal acetylenes is 1. The van der Waals surface area contributed by atoms with E-state index in [4.69, 9.17) is 20.3 Å². The predicted octanol–water partition coefficient (Wildman–Crippen LogP) is 3.30. The number of likely N-dealkylation sites (N-methyl/N-ethyl adjacent to an activating group) is 1. The summed E-state index contributed by atoms with van der Waals surface area (Å²) < 4.78 is 16.8. The maximum absolute atomic E-state index is 14.1. The Balaban J connectivity index is 1.89. The number of amides is 1. The van der Waals surface area contributed by atoms with E-state index in [1.807, 2.05) is 78.2 Å². The number of hydrogen-bond donors (Lipinski definition) is 0. The molecule has 1 aliphatic heterocycles. The van der Waals surface area contributed by atoms with Crippen LogP contribution in [0.1, 0.15) is 59.6 Å². The van der Waals surface area contributed by atoms with E-state index in [0.29, 0.717) is 76.7 Å². The van der Waals surface area contributed by atoms with Gasteiger partial charge in [-0.05, 0) is 79.5 Å². The van der Waals surface area contributed by atoms with Gasteiger partial charge in [0.2, 0.25) is 5.91 Å². The second-order valence-electron chi connectivity index (χ2n) is 15.0. The van der Waals surface area contributed by atoms with Crippen LogP contribution in [0.15, 0.2) is 27.4 Å². The van der Waals surface area contributed by atoms with Gasteiger partial charge in [0.1, 0.15) is 16.8 Å². The molecule has 0 saturated carbocycles. The molecule has 50 heavy (non-hydrogen) atoms. The van der Waals surface area contributed by atoms with Gasteiger partial charge in [0.05, 0.1) is 31.9 Å². The molecule has 3 rings (SSSR count). The number of rotatable bonds is 9. The first-order valence-corrected chi connectivity index (χ1v) is 17.5. The molecular formula is C38H57N5O7. The molecule has 0 radical (unpaired) electrons. The lowest BCUT2D eigenvalue weighted by Crippen LogP contribution is -2.50. The van der Waals surface area contributed by atoms with Gasteiger partial charge >= 0.3 is 17.6 Å². The molecule has 0 spiro atoms. The zero-order valence-corrected chi connectivity index (χ0v) is 31.6. The molecule has 2 heterocycles. The Bertz CT molecular complexity index is 1540. The molecule has 0 bridgehead atoms. The van der Waals surface area contributed by atoms with E-state index in [-0.39, 0.29) is 37.5 Å². The summed E-state index contributed by atoms with van der Waals surface area (Å²) in [5, 5.41) is 0.827. The molecular weight excluding hydrogens is 638 g/mol. The first-order valence-electron chi connectivity index (χ1n) is 17.5. The first kappa shape index (κ1) is 40.7. The number of aryl methyl sites for hydroxylation is 2. The average molecular weight is 696 g/mol. The van der Waals surface area contributed by atoms with Crippen LogP contribution < -0.4 is 10.5 Å². The van der Waals surface area contributed by atoms with E-state index in [1.54, 1.807) is 11.0 Å². The maximum atomic E-state index is 14.1. The second-order valence-corrected chi connectivity index (χ2v) is 15.0. The molecule has 0 N–H and O–H groups in total. The van der Waals surface area contributed by atoms with Crippen molar-refractivity contribution in [2.75, 3.05) is 90.0 Å². The third kappa shape index (κ3) is 13.2. The van der Waals surface area contributed by atoms with E-state index in [2.05, 4.69) is 15.7 Å². The molecule has 1 aliphatic rings. The number of carbonyl (C=O) groups is 3. The number of ether oxygens (including phenoxy) is 2. The summed E-state index contributed by atoms with van der Waals surface area (Å²) >= 11 is 0. The Morgan fingerprint density at radius 1 is 0.760 bits per heavy atom. The van der Waals surface area contributed by atoms with E-state index in [0.717, 1.165) is 16.5 Å². The molecule has 1 aromatic heterocycles. The van der Waals surface area contributed by atoms with Crippen molar-refractivity contribution in [1.82, 2.24) is 19.6 Å². The highest BCUT2D eigenvalue weighted by molar-refractivity contribution is 5.98. The fraction of sp³-hybridized carbons (Fsp3) is 0.632. The highest BCUT2D eigenvalue weighted by Crippen LogP contribution is 2.28. The minimum atomic E-state index is -0.610. The van der Waals surface area contributed by atoms with Gasteiger partial charge in [0.15, 0.2) is 0 Å². The van der Waals surface area contributed by atoms with Crippen molar-refractivity contribution in [3.05, 3.63) is 39.7 Å². The Kier molecular flexibility index (Phi) is 14.6. The van der Waals surface area contributed by atoms with Crippen molar-refractivity contribution in [2.24, 2.45) is 0 Å². The van der Waals surface area contributed by atoms with Crippen molar-refractivity contribution < 1.29 is 28.3 Å². The lowest BCUT2D eigenvalue weighted by Gasteiger charge is -2.34. The number of nitrogens with zero attached hydrogens (tertiary/aromatic N) is 5. The Morgan fingerprint density at radius 2 is 1.22 bits per heavy atom. The van der Waals surface area contributed by atoms with Gasteiger partial charge in [0.25, 0.3) is 0 Å².